The van der Waals surface area contributed by atoms with E-state index < -0.39 is 10.8 Å². The molecule has 9 heteroatoms. The van der Waals surface area contributed by atoms with Crippen LogP contribution in [0, 0.1) is 10.1 Å². The lowest BCUT2D eigenvalue weighted by Gasteiger charge is -2.09. The maximum absolute atomic E-state index is 11.9. The van der Waals surface area contributed by atoms with Crippen molar-refractivity contribution in [1.29, 1.82) is 0 Å². The predicted molar refractivity (Wildman–Crippen MR) is 96.6 cm³/mol. The lowest BCUT2D eigenvalue weighted by atomic mass is 10.1. The maximum Gasteiger partial charge on any atom is 0.269 e. The molecule has 0 spiro atoms. The highest BCUT2D eigenvalue weighted by atomic mass is 16.6. The number of nitrogens with zero attached hydrogens (tertiary/aromatic N) is 1. The Kier molecular flexibility index (Phi) is 6.70. The van der Waals surface area contributed by atoms with Crippen molar-refractivity contribution in [3.63, 3.8) is 0 Å². The number of nitro groups is 1. The second kappa shape index (κ2) is 9.18. The number of carbonyl (C=O) groups excluding carboxylic acids is 2. The minimum Gasteiger partial charge on any atom is -0.497 e. The van der Waals surface area contributed by atoms with Crippen LogP contribution in [0.15, 0.2) is 42.5 Å². The molecule has 0 atom stereocenters. The predicted octanol–water partition coefficient (Wildman–Crippen LogP) is 2.01. The molecule has 2 aromatic carbocycles. The smallest absolute Gasteiger partial charge is 0.269 e. The first-order valence-electron chi connectivity index (χ1n) is 7.98. The monoisotopic (exact) mass is 373 g/mol. The Balaban J connectivity index is 1.85. The minimum absolute atomic E-state index is 0.121. The summed E-state index contributed by atoms with van der Waals surface area (Å²) >= 11 is 0. The molecule has 0 aliphatic heterocycles. The average Bonchev–Trinajstić information content (AvgIpc) is 2.70. The van der Waals surface area contributed by atoms with Crippen molar-refractivity contribution in [2.24, 2.45) is 0 Å². The second-order valence-corrected chi connectivity index (χ2v) is 5.53. The summed E-state index contributed by atoms with van der Waals surface area (Å²) in [6.45, 7) is 0. The summed E-state index contributed by atoms with van der Waals surface area (Å²) in [6, 6.07) is 10.4. The van der Waals surface area contributed by atoms with E-state index in [2.05, 4.69) is 10.9 Å². The van der Waals surface area contributed by atoms with Crippen LogP contribution >= 0.6 is 0 Å². The van der Waals surface area contributed by atoms with Crippen LogP contribution in [0.5, 0.6) is 11.5 Å². The number of amides is 2. The van der Waals surface area contributed by atoms with Gasteiger partial charge in [-0.2, -0.15) is 0 Å². The van der Waals surface area contributed by atoms with E-state index >= 15 is 0 Å². The van der Waals surface area contributed by atoms with Crippen LogP contribution in [0.4, 0.5) is 5.69 Å². The molecule has 2 amide bonds. The molecule has 0 heterocycles. The summed E-state index contributed by atoms with van der Waals surface area (Å²) < 4.78 is 10.4. The molecule has 0 radical (unpaired) electrons. The number of benzene rings is 2. The summed E-state index contributed by atoms with van der Waals surface area (Å²) in [5, 5.41) is 10.6. The van der Waals surface area contributed by atoms with E-state index in [1.807, 2.05) is 0 Å². The Morgan fingerprint density at radius 1 is 1.00 bits per heavy atom. The van der Waals surface area contributed by atoms with Gasteiger partial charge < -0.3 is 9.47 Å². The molecule has 2 N–H and O–H groups in total. The van der Waals surface area contributed by atoms with E-state index in [0.717, 1.165) is 5.56 Å². The van der Waals surface area contributed by atoms with Crippen molar-refractivity contribution in [3.05, 3.63) is 63.7 Å². The lowest BCUT2D eigenvalue weighted by Crippen LogP contribution is -2.41. The second-order valence-electron chi connectivity index (χ2n) is 5.53. The first-order valence-corrected chi connectivity index (χ1v) is 7.98. The summed E-state index contributed by atoms with van der Waals surface area (Å²) in [5.41, 5.74) is 5.50. The van der Waals surface area contributed by atoms with E-state index in [1.165, 1.54) is 24.3 Å². The molecule has 9 nitrogen and oxygen atoms in total. The number of aryl methyl sites for hydroxylation is 1. The molecular weight excluding hydrogens is 354 g/mol. The zero-order valence-electron chi connectivity index (χ0n) is 14.9. The molecule has 27 heavy (non-hydrogen) atoms. The molecule has 2 rings (SSSR count). The third kappa shape index (κ3) is 5.70. The molecule has 0 aliphatic carbocycles. The lowest BCUT2D eigenvalue weighted by molar-refractivity contribution is -0.384. The number of non-ortho nitro benzene ring substituents is 1. The average molecular weight is 373 g/mol. The molecule has 0 aliphatic rings. The zero-order valence-corrected chi connectivity index (χ0v) is 14.9. The van der Waals surface area contributed by atoms with Crippen LogP contribution in [-0.2, 0) is 11.2 Å². The van der Waals surface area contributed by atoms with Crippen molar-refractivity contribution < 1.29 is 24.0 Å². The van der Waals surface area contributed by atoms with Crippen molar-refractivity contribution in [2.75, 3.05) is 14.2 Å². The van der Waals surface area contributed by atoms with Crippen LogP contribution < -0.4 is 20.3 Å². The maximum atomic E-state index is 11.9. The Labute approximate surface area is 155 Å². The topological polar surface area (TPSA) is 120 Å². The highest BCUT2D eigenvalue weighted by molar-refractivity contribution is 5.95. The number of nitrogens with one attached hydrogen (secondary N) is 2. The zero-order chi connectivity index (χ0) is 19.8. The molecule has 2 aromatic rings. The molecule has 0 unspecified atom stereocenters. The number of hydrogen-bond donors (Lipinski definition) is 2. The van der Waals surface area contributed by atoms with Gasteiger partial charge in [-0.3, -0.25) is 30.6 Å². The largest absolute Gasteiger partial charge is 0.497 e. The van der Waals surface area contributed by atoms with E-state index in [9.17, 15) is 19.7 Å². The molecular formula is C18H19N3O6. The number of hydrogen-bond acceptors (Lipinski definition) is 6. The minimum atomic E-state index is -0.568. The van der Waals surface area contributed by atoms with Crippen molar-refractivity contribution >= 4 is 17.5 Å². The molecule has 0 bridgehead atoms. The third-order valence-corrected chi connectivity index (χ3v) is 3.71. The van der Waals surface area contributed by atoms with Crippen molar-refractivity contribution in [2.45, 2.75) is 12.8 Å². The van der Waals surface area contributed by atoms with Gasteiger partial charge in [0.15, 0.2) is 0 Å². The molecule has 0 saturated heterocycles. The van der Waals surface area contributed by atoms with Gasteiger partial charge in [-0.15, -0.1) is 0 Å². The van der Waals surface area contributed by atoms with E-state index in [-0.39, 0.29) is 23.6 Å². The van der Waals surface area contributed by atoms with Crippen LogP contribution in [0.3, 0.4) is 0 Å². The Morgan fingerprint density at radius 2 is 1.59 bits per heavy atom. The van der Waals surface area contributed by atoms with Gasteiger partial charge in [-0.25, -0.2) is 0 Å². The summed E-state index contributed by atoms with van der Waals surface area (Å²) in [6.07, 6.45) is 0.559. The van der Waals surface area contributed by atoms with Gasteiger partial charge in [0.25, 0.3) is 11.6 Å². The van der Waals surface area contributed by atoms with Crippen LogP contribution in [0.1, 0.15) is 22.3 Å². The summed E-state index contributed by atoms with van der Waals surface area (Å²) in [5.74, 6) is 0.292. The normalized spacial score (nSPS) is 10.0. The van der Waals surface area contributed by atoms with Gasteiger partial charge >= 0.3 is 0 Å². The van der Waals surface area contributed by atoms with Crippen LogP contribution in [-0.4, -0.2) is 31.0 Å². The molecule has 0 saturated carbocycles. The van der Waals surface area contributed by atoms with E-state index in [0.29, 0.717) is 17.9 Å². The third-order valence-electron chi connectivity index (χ3n) is 3.71. The Bertz CT molecular complexity index is 813. The molecule has 0 aromatic heterocycles. The Hall–Kier alpha value is -3.62. The fraction of sp³-hybridized carbons (Fsp3) is 0.222. The first kappa shape index (κ1) is 19.7. The van der Waals surface area contributed by atoms with Crippen LogP contribution in [0.25, 0.3) is 0 Å². The van der Waals surface area contributed by atoms with Gasteiger partial charge in [0.2, 0.25) is 5.91 Å². The Morgan fingerprint density at radius 3 is 2.11 bits per heavy atom. The number of methoxy groups -OCH3 is 2. The van der Waals surface area contributed by atoms with Gasteiger partial charge in [0, 0.05) is 30.2 Å². The van der Waals surface area contributed by atoms with Crippen molar-refractivity contribution in [1.82, 2.24) is 10.9 Å². The standard InChI is InChI=1S/C18H19N3O6/c1-26-15-9-12(10-16(11-15)27-2)3-8-17(22)19-20-18(23)13-4-6-14(7-5-13)21(24)25/h4-7,9-11H,3,8H2,1-2H3,(H,19,22)(H,20,23). The summed E-state index contributed by atoms with van der Waals surface area (Å²) in [4.78, 5) is 33.9. The quantitative estimate of drug-likeness (QED) is 0.566. The highest BCUT2D eigenvalue weighted by Gasteiger charge is 2.11. The SMILES string of the molecule is COc1cc(CCC(=O)NNC(=O)c2ccc([N+](=O)[O-])cc2)cc(OC)c1. The number of rotatable bonds is 7. The number of nitro benzene ring substituents is 1. The first-order chi connectivity index (χ1) is 12.9. The number of ether oxygens (including phenoxy) is 2. The van der Waals surface area contributed by atoms with Gasteiger partial charge in [0.05, 0.1) is 19.1 Å². The van der Waals surface area contributed by atoms with Gasteiger partial charge in [-0.05, 0) is 36.2 Å². The fourth-order valence-corrected chi connectivity index (χ4v) is 2.26. The van der Waals surface area contributed by atoms with E-state index in [4.69, 9.17) is 9.47 Å². The number of carbonyl (C=O) groups is 2. The number of hydrazine groups is 1. The van der Waals surface area contributed by atoms with Gasteiger partial charge in [0.1, 0.15) is 11.5 Å². The van der Waals surface area contributed by atoms with Gasteiger partial charge in [-0.1, -0.05) is 0 Å². The molecule has 0 fully saturated rings. The molecule has 142 valence electrons. The summed E-state index contributed by atoms with van der Waals surface area (Å²) in [7, 11) is 3.08. The highest BCUT2D eigenvalue weighted by Crippen LogP contribution is 2.23. The van der Waals surface area contributed by atoms with Crippen molar-refractivity contribution in [3.8, 4) is 11.5 Å². The van der Waals surface area contributed by atoms with Crippen LogP contribution in [0.2, 0.25) is 0 Å². The van der Waals surface area contributed by atoms with E-state index in [1.54, 1.807) is 32.4 Å². The fourth-order valence-electron chi connectivity index (χ4n) is 2.26.